The predicted octanol–water partition coefficient (Wildman–Crippen LogP) is 1.03. The maximum Gasteiger partial charge on any atom is 0.244 e. The lowest BCUT2D eigenvalue weighted by atomic mass is 10.3. The largest absolute Gasteiger partial charge is 0.497 e. The number of aromatic nitrogens is 4. The summed E-state index contributed by atoms with van der Waals surface area (Å²) >= 11 is 1.38. The molecular weight excluding hydrogens is 366 g/mol. The van der Waals surface area contributed by atoms with Gasteiger partial charge in [-0.1, -0.05) is 11.3 Å². The normalized spacial score (nSPS) is 11.8. The quantitative estimate of drug-likeness (QED) is 0.649. The molecule has 9 nitrogen and oxygen atoms in total. The third-order valence-corrected chi connectivity index (χ3v) is 5.92. The lowest BCUT2D eigenvalue weighted by Crippen LogP contribution is -2.26. The minimum atomic E-state index is -3.74. The Bertz CT molecular complexity index is 996. The highest BCUT2D eigenvalue weighted by Gasteiger charge is 2.20. The highest BCUT2D eigenvalue weighted by atomic mass is 32.2. The molecule has 0 radical (unpaired) electrons. The summed E-state index contributed by atoms with van der Waals surface area (Å²) in [6.45, 7) is 2.01. The first kappa shape index (κ1) is 17.6. The third kappa shape index (κ3) is 3.57. The molecule has 25 heavy (non-hydrogen) atoms. The van der Waals surface area contributed by atoms with E-state index in [1.807, 2.05) is 0 Å². The molecular formula is C14H17N5O4S2. The number of benzene rings is 1. The van der Waals surface area contributed by atoms with Gasteiger partial charge in [0.25, 0.3) is 0 Å². The zero-order valence-corrected chi connectivity index (χ0v) is 15.5. The van der Waals surface area contributed by atoms with Crippen LogP contribution in [0.1, 0.15) is 10.8 Å². The molecule has 3 rings (SSSR count). The lowest BCUT2D eigenvalue weighted by Gasteiger charge is -2.11. The molecule has 3 aromatic rings. The molecule has 0 fully saturated rings. The fourth-order valence-electron chi connectivity index (χ4n) is 2.22. The van der Waals surface area contributed by atoms with Crippen molar-refractivity contribution in [3.63, 3.8) is 0 Å². The molecule has 0 aliphatic rings. The topological polar surface area (TPSA) is 108 Å². The number of methoxy groups -OCH3 is 2. The fourth-order valence-corrected chi connectivity index (χ4v) is 4.31. The van der Waals surface area contributed by atoms with E-state index in [1.54, 1.807) is 23.6 Å². The van der Waals surface area contributed by atoms with Crippen LogP contribution in [-0.4, -0.2) is 49.0 Å². The molecule has 0 bridgehead atoms. The van der Waals surface area contributed by atoms with Gasteiger partial charge in [0, 0.05) is 19.0 Å². The van der Waals surface area contributed by atoms with Crippen LogP contribution in [0, 0.1) is 6.92 Å². The van der Waals surface area contributed by atoms with Crippen LogP contribution in [0.15, 0.2) is 23.1 Å². The van der Waals surface area contributed by atoms with E-state index in [0.717, 1.165) is 5.01 Å². The van der Waals surface area contributed by atoms with Crippen LogP contribution in [0.4, 0.5) is 0 Å². The number of nitrogens with zero attached hydrogens (tertiary/aromatic N) is 4. The van der Waals surface area contributed by atoms with Gasteiger partial charge in [-0.2, -0.15) is 9.61 Å². The summed E-state index contributed by atoms with van der Waals surface area (Å²) in [4.78, 5) is 0.716. The van der Waals surface area contributed by atoms with Gasteiger partial charge in [-0.05, 0) is 19.1 Å². The average Bonchev–Trinajstić information content (AvgIpc) is 3.16. The van der Waals surface area contributed by atoms with Gasteiger partial charge in [0.05, 0.1) is 14.2 Å². The van der Waals surface area contributed by atoms with E-state index in [1.165, 1.54) is 31.6 Å². The van der Waals surface area contributed by atoms with Gasteiger partial charge in [-0.15, -0.1) is 10.2 Å². The summed E-state index contributed by atoms with van der Waals surface area (Å²) in [5.41, 5.74) is 0. The van der Waals surface area contributed by atoms with Crippen molar-refractivity contribution >= 4 is 26.3 Å². The van der Waals surface area contributed by atoms with E-state index in [2.05, 4.69) is 20.0 Å². The number of sulfonamides is 1. The van der Waals surface area contributed by atoms with Gasteiger partial charge in [0.2, 0.25) is 15.0 Å². The minimum Gasteiger partial charge on any atom is -0.497 e. The Morgan fingerprint density at radius 3 is 2.72 bits per heavy atom. The van der Waals surface area contributed by atoms with E-state index in [-0.39, 0.29) is 17.2 Å². The van der Waals surface area contributed by atoms with Crippen molar-refractivity contribution in [3.8, 4) is 11.5 Å². The van der Waals surface area contributed by atoms with Gasteiger partial charge in [0.1, 0.15) is 21.4 Å². The van der Waals surface area contributed by atoms with E-state index < -0.39 is 10.0 Å². The summed E-state index contributed by atoms with van der Waals surface area (Å²) in [7, 11) is -0.851. The van der Waals surface area contributed by atoms with Crippen LogP contribution in [0.25, 0.3) is 4.96 Å². The number of hydrogen-bond acceptors (Lipinski definition) is 8. The predicted molar refractivity (Wildman–Crippen MR) is 91.8 cm³/mol. The third-order valence-electron chi connectivity index (χ3n) is 3.48. The molecule has 1 aromatic carbocycles. The molecule has 0 aliphatic carbocycles. The van der Waals surface area contributed by atoms with E-state index in [4.69, 9.17) is 9.47 Å². The first-order valence-corrected chi connectivity index (χ1v) is 9.64. The number of hydrogen-bond donors (Lipinski definition) is 1. The van der Waals surface area contributed by atoms with Crippen molar-refractivity contribution in [2.24, 2.45) is 0 Å². The number of rotatable bonds is 7. The summed E-state index contributed by atoms with van der Waals surface area (Å²) in [5.74, 6) is 1.38. The zero-order chi connectivity index (χ0) is 18.0. The Hall–Kier alpha value is -2.24. The van der Waals surface area contributed by atoms with E-state index >= 15 is 0 Å². The molecule has 1 N–H and O–H groups in total. The summed E-state index contributed by atoms with van der Waals surface area (Å²) in [5, 5.41) is 13.0. The first-order chi connectivity index (χ1) is 11.9. The van der Waals surface area contributed by atoms with E-state index in [9.17, 15) is 8.42 Å². The number of fused-ring (bicyclic) bond motifs is 1. The molecule has 0 amide bonds. The molecule has 0 spiro atoms. The van der Waals surface area contributed by atoms with Crippen molar-refractivity contribution < 1.29 is 17.9 Å². The van der Waals surface area contributed by atoms with Crippen molar-refractivity contribution in [1.29, 1.82) is 0 Å². The molecule has 0 unspecified atom stereocenters. The maximum atomic E-state index is 12.6. The first-order valence-electron chi connectivity index (χ1n) is 7.34. The van der Waals surface area contributed by atoms with Crippen molar-refractivity contribution in [3.05, 3.63) is 29.0 Å². The second-order valence-corrected chi connectivity index (χ2v) is 7.88. The maximum absolute atomic E-state index is 12.6. The SMILES string of the molecule is COc1ccc(OC)c(S(=O)(=O)NCCc2nn3c(C)nnc3s2)c1. The van der Waals surface area contributed by atoms with Crippen molar-refractivity contribution in [1.82, 2.24) is 24.5 Å². The van der Waals surface area contributed by atoms with Crippen LogP contribution < -0.4 is 14.2 Å². The standard InChI is InChI=1S/C14H17N5O4S2/c1-9-16-17-14-19(9)18-13(24-14)6-7-15-25(20,21)12-8-10(22-2)4-5-11(12)23-3/h4-5,8,15H,6-7H2,1-3H3. The molecule has 0 aliphatic heterocycles. The number of ether oxygens (including phenoxy) is 2. The average molecular weight is 383 g/mol. The van der Waals surface area contributed by atoms with Crippen LogP contribution in [0.2, 0.25) is 0 Å². The van der Waals surface area contributed by atoms with Gasteiger partial charge < -0.3 is 9.47 Å². The van der Waals surface area contributed by atoms with Crippen LogP contribution in [0.5, 0.6) is 11.5 Å². The molecule has 11 heteroatoms. The van der Waals surface area contributed by atoms with Gasteiger partial charge in [-0.25, -0.2) is 13.1 Å². The Kier molecular flexibility index (Phi) is 4.88. The Balaban J connectivity index is 1.73. The van der Waals surface area contributed by atoms with Crippen molar-refractivity contribution in [2.75, 3.05) is 20.8 Å². The summed E-state index contributed by atoms with van der Waals surface area (Å²) < 4.78 is 39.5. The minimum absolute atomic E-state index is 0.0309. The second-order valence-electron chi connectivity index (χ2n) is 5.10. The van der Waals surface area contributed by atoms with Crippen LogP contribution >= 0.6 is 11.3 Å². The summed E-state index contributed by atoms with van der Waals surface area (Å²) in [6, 6.07) is 4.62. The van der Waals surface area contributed by atoms with Crippen LogP contribution in [0.3, 0.4) is 0 Å². The van der Waals surface area contributed by atoms with Gasteiger partial charge in [-0.3, -0.25) is 0 Å². The Morgan fingerprint density at radius 1 is 1.24 bits per heavy atom. The van der Waals surface area contributed by atoms with Crippen LogP contribution in [-0.2, 0) is 16.4 Å². The summed E-state index contributed by atoms with van der Waals surface area (Å²) in [6.07, 6.45) is 0.443. The highest BCUT2D eigenvalue weighted by Crippen LogP contribution is 2.28. The molecule has 2 aromatic heterocycles. The molecule has 0 atom stereocenters. The zero-order valence-electron chi connectivity index (χ0n) is 13.9. The number of aryl methyl sites for hydroxylation is 1. The number of nitrogens with one attached hydrogen (secondary N) is 1. The lowest BCUT2D eigenvalue weighted by molar-refractivity contribution is 0.392. The molecule has 0 saturated carbocycles. The second kappa shape index (κ2) is 6.94. The monoisotopic (exact) mass is 383 g/mol. The Morgan fingerprint density at radius 2 is 2.04 bits per heavy atom. The van der Waals surface area contributed by atoms with Crippen molar-refractivity contribution in [2.45, 2.75) is 18.2 Å². The van der Waals surface area contributed by atoms with Gasteiger partial charge in [0.15, 0.2) is 5.82 Å². The smallest absolute Gasteiger partial charge is 0.244 e. The van der Waals surface area contributed by atoms with Gasteiger partial charge >= 0.3 is 0 Å². The van der Waals surface area contributed by atoms with E-state index in [0.29, 0.717) is 23.0 Å². The highest BCUT2D eigenvalue weighted by molar-refractivity contribution is 7.89. The Labute approximate surface area is 148 Å². The fraction of sp³-hybridized carbons (Fsp3) is 0.357. The molecule has 134 valence electrons. The molecule has 0 saturated heterocycles. The molecule has 2 heterocycles.